The van der Waals surface area contributed by atoms with Gasteiger partial charge in [-0.15, -0.1) is 0 Å². The molecule has 2 nitrogen and oxygen atoms in total. The lowest BCUT2D eigenvalue weighted by atomic mass is 10.4. The predicted molar refractivity (Wildman–Crippen MR) is 71.1 cm³/mol. The predicted octanol–water partition coefficient (Wildman–Crippen LogP) is 3.03. The molecule has 14 heavy (non-hydrogen) atoms. The van der Waals surface area contributed by atoms with E-state index < -0.39 is 0 Å². The van der Waals surface area contributed by atoms with Crippen LogP contribution in [0.2, 0.25) is 0 Å². The fourth-order valence-corrected chi connectivity index (χ4v) is 2.34. The first kappa shape index (κ1) is 10.8. The highest BCUT2D eigenvalue weighted by Crippen LogP contribution is 2.24. The van der Waals surface area contributed by atoms with E-state index in [1.807, 2.05) is 28.7 Å². The molecule has 0 unspecified atom stereocenters. The summed E-state index contributed by atoms with van der Waals surface area (Å²) >= 11 is 4.13. The van der Waals surface area contributed by atoms with Gasteiger partial charge in [0, 0.05) is 16.7 Å². The third-order valence-corrected chi connectivity index (χ3v) is 5.20. The van der Waals surface area contributed by atoms with Gasteiger partial charge in [-0.3, -0.25) is 0 Å². The van der Waals surface area contributed by atoms with Crippen molar-refractivity contribution in [2.75, 3.05) is 18.0 Å². The Balaban J connectivity index is 2.34. The number of hydrogen-bond donors (Lipinski definition) is 0. The van der Waals surface area contributed by atoms with Crippen molar-refractivity contribution in [1.82, 2.24) is 4.98 Å². The summed E-state index contributed by atoms with van der Waals surface area (Å²) < 4.78 is 14.9. The summed E-state index contributed by atoms with van der Waals surface area (Å²) in [5, 5.41) is 0. The van der Waals surface area contributed by atoms with Crippen LogP contribution in [0.3, 0.4) is 0 Å². The number of aromatic nitrogens is 1. The molecule has 0 aliphatic carbocycles. The number of pyridine rings is 1. The van der Waals surface area contributed by atoms with Crippen LogP contribution in [-0.2, 0) is 0 Å². The van der Waals surface area contributed by atoms with Crippen LogP contribution in [0.1, 0.15) is 12.8 Å². The maximum absolute atomic E-state index is 13.3. The second kappa shape index (κ2) is 4.46. The van der Waals surface area contributed by atoms with E-state index in [0.717, 1.165) is 22.5 Å². The number of anilines is 1. The van der Waals surface area contributed by atoms with Gasteiger partial charge in [-0.2, -0.15) is 4.39 Å². The summed E-state index contributed by atoms with van der Waals surface area (Å²) in [6, 6.07) is 1.96. The zero-order valence-corrected chi connectivity index (χ0v) is 11.7. The molecule has 0 amide bonds. The molecule has 0 atom stereocenters. The minimum absolute atomic E-state index is 0.348. The van der Waals surface area contributed by atoms with Crippen molar-refractivity contribution in [3.63, 3.8) is 0 Å². The van der Waals surface area contributed by atoms with Gasteiger partial charge in [-0.25, -0.2) is 4.98 Å². The van der Waals surface area contributed by atoms with E-state index in [9.17, 15) is 4.39 Å². The molecule has 5 heteroatoms. The van der Waals surface area contributed by atoms with Gasteiger partial charge in [-0.05, 0) is 64.1 Å². The first-order chi connectivity index (χ1) is 6.68. The van der Waals surface area contributed by atoms with Crippen LogP contribution < -0.4 is 4.90 Å². The molecule has 0 radical (unpaired) electrons. The molecular formula is C9H9FI2N2. The lowest BCUT2D eigenvalue weighted by Gasteiger charge is -2.16. The molecule has 0 N–H and O–H groups in total. The van der Waals surface area contributed by atoms with Crippen LogP contribution in [0, 0.1) is 13.1 Å². The quantitative estimate of drug-likeness (QED) is 0.515. The Hall–Kier alpha value is 0.340. The van der Waals surface area contributed by atoms with Crippen LogP contribution in [0.25, 0.3) is 0 Å². The molecule has 0 saturated carbocycles. The summed E-state index contributed by atoms with van der Waals surface area (Å²) in [6.45, 7) is 2.01. The molecule has 2 rings (SSSR count). The third-order valence-electron chi connectivity index (χ3n) is 2.29. The number of nitrogens with zero attached hydrogens (tertiary/aromatic N) is 2. The molecule has 0 spiro atoms. The van der Waals surface area contributed by atoms with Crippen LogP contribution in [0.4, 0.5) is 10.2 Å². The van der Waals surface area contributed by atoms with E-state index >= 15 is 0 Å². The fourth-order valence-electron chi connectivity index (χ4n) is 1.57. The lowest BCUT2D eigenvalue weighted by Crippen LogP contribution is -2.19. The normalized spacial score (nSPS) is 16.4. The van der Waals surface area contributed by atoms with Gasteiger partial charge in [-0.1, -0.05) is 0 Å². The Bertz CT molecular complexity index is 328. The van der Waals surface area contributed by atoms with E-state index in [2.05, 4.69) is 32.5 Å². The Morgan fingerprint density at radius 2 is 1.93 bits per heavy atom. The van der Waals surface area contributed by atoms with Gasteiger partial charge in [0.1, 0.15) is 5.82 Å². The van der Waals surface area contributed by atoms with Gasteiger partial charge in [0.05, 0.1) is 3.57 Å². The maximum Gasteiger partial charge on any atom is 0.229 e. The molecule has 1 aromatic rings. The molecule has 1 aliphatic rings. The van der Waals surface area contributed by atoms with E-state index in [0.29, 0.717) is 3.57 Å². The first-order valence-corrected chi connectivity index (χ1v) is 6.61. The number of rotatable bonds is 1. The van der Waals surface area contributed by atoms with E-state index in [4.69, 9.17) is 0 Å². The van der Waals surface area contributed by atoms with Gasteiger partial charge < -0.3 is 4.90 Å². The minimum Gasteiger partial charge on any atom is -0.356 e. The third kappa shape index (κ3) is 2.12. The number of halogens is 3. The average Bonchev–Trinajstić information content (AvgIpc) is 2.66. The lowest BCUT2D eigenvalue weighted by molar-refractivity contribution is 0.573. The molecule has 0 aromatic carbocycles. The second-order valence-corrected chi connectivity index (χ2v) is 5.50. The van der Waals surface area contributed by atoms with Crippen molar-refractivity contribution in [1.29, 1.82) is 0 Å². The van der Waals surface area contributed by atoms with Gasteiger partial charge >= 0.3 is 0 Å². The minimum atomic E-state index is -0.348. The van der Waals surface area contributed by atoms with Crippen LogP contribution in [0.5, 0.6) is 0 Å². The Morgan fingerprint density at radius 3 is 2.50 bits per heavy atom. The Labute approximate surface area is 110 Å². The zero-order chi connectivity index (χ0) is 10.1. The monoisotopic (exact) mass is 418 g/mol. The molecule has 1 aliphatic heterocycles. The zero-order valence-electron chi connectivity index (χ0n) is 7.43. The average molecular weight is 418 g/mol. The Morgan fingerprint density at radius 1 is 1.29 bits per heavy atom. The topological polar surface area (TPSA) is 16.1 Å². The SMILES string of the molecule is Fc1nc(N2CCCC2)cc(I)c1I. The van der Waals surface area contributed by atoms with E-state index in [1.165, 1.54) is 12.8 Å². The highest BCUT2D eigenvalue weighted by Gasteiger charge is 2.16. The molecule has 76 valence electrons. The summed E-state index contributed by atoms with van der Waals surface area (Å²) in [5.41, 5.74) is 0. The van der Waals surface area contributed by atoms with Crippen LogP contribution in [-0.4, -0.2) is 18.1 Å². The Kier molecular flexibility index (Phi) is 3.46. The molecule has 0 bridgehead atoms. The van der Waals surface area contributed by atoms with Gasteiger partial charge in [0.25, 0.3) is 0 Å². The van der Waals surface area contributed by atoms with Crippen molar-refractivity contribution in [2.45, 2.75) is 12.8 Å². The molecular weight excluding hydrogens is 409 g/mol. The highest BCUT2D eigenvalue weighted by atomic mass is 127. The largest absolute Gasteiger partial charge is 0.356 e. The van der Waals surface area contributed by atoms with Crippen LogP contribution in [0.15, 0.2) is 6.07 Å². The number of hydrogen-bond acceptors (Lipinski definition) is 2. The van der Waals surface area contributed by atoms with Crippen LogP contribution >= 0.6 is 45.2 Å². The maximum atomic E-state index is 13.3. The summed E-state index contributed by atoms with van der Waals surface area (Å²) in [4.78, 5) is 6.10. The van der Waals surface area contributed by atoms with Gasteiger partial charge in [0.2, 0.25) is 5.95 Å². The van der Waals surface area contributed by atoms with Crippen molar-refractivity contribution in [3.05, 3.63) is 19.2 Å². The van der Waals surface area contributed by atoms with Crippen molar-refractivity contribution in [2.24, 2.45) is 0 Å². The molecule has 1 fully saturated rings. The first-order valence-electron chi connectivity index (χ1n) is 4.45. The van der Waals surface area contributed by atoms with Crippen molar-refractivity contribution < 1.29 is 4.39 Å². The smallest absolute Gasteiger partial charge is 0.229 e. The molecule has 2 heterocycles. The fraction of sp³-hybridized carbons (Fsp3) is 0.444. The standard InChI is InChI=1S/C9H9FI2N2/c10-9-8(12)6(11)5-7(13-9)14-3-1-2-4-14/h5H,1-4H2. The van der Waals surface area contributed by atoms with E-state index in [-0.39, 0.29) is 5.95 Å². The van der Waals surface area contributed by atoms with Gasteiger partial charge in [0.15, 0.2) is 0 Å². The molecule has 1 aromatic heterocycles. The van der Waals surface area contributed by atoms with Crippen molar-refractivity contribution >= 4 is 51.0 Å². The van der Waals surface area contributed by atoms with Crippen molar-refractivity contribution in [3.8, 4) is 0 Å². The second-order valence-electron chi connectivity index (χ2n) is 3.26. The summed E-state index contributed by atoms with van der Waals surface area (Å²) in [7, 11) is 0. The highest BCUT2D eigenvalue weighted by molar-refractivity contribution is 14.1. The summed E-state index contributed by atoms with van der Waals surface area (Å²) in [6.07, 6.45) is 2.37. The van der Waals surface area contributed by atoms with E-state index in [1.54, 1.807) is 0 Å². The summed E-state index contributed by atoms with van der Waals surface area (Å²) in [5.74, 6) is 0.434. The molecule has 1 saturated heterocycles.